The fourth-order valence-corrected chi connectivity index (χ4v) is 3.65. The number of hydrogen-bond acceptors (Lipinski definition) is 7. The van der Waals surface area contributed by atoms with Gasteiger partial charge in [-0.3, -0.25) is 4.79 Å². The quantitative estimate of drug-likeness (QED) is 0.554. The van der Waals surface area contributed by atoms with Crippen LogP contribution in [0.4, 0.5) is 5.82 Å². The van der Waals surface area contributed by atoms with Gasteiger partial charge < -0.3 is 19.3 Å². The fraction of sp³-hybridized carbons (Fsp3) is 0.211. The number of nitrogens with zero attached hydrogens (tertiary/aromatic N) is 6. The van der Waals surface area contributed by atoms with Gasteiger partial charge in [0, 0.05) is 50.2 Å². The molecule has 0 spiro atoms. The van der Waals surface area contributed by atoms with Crippen molar-refractivity contribution in [3.05, 3.63) is 53.8 Å². The number of H-pyrrole nitrogens is 1. The van der Waals surface area contributed by atoms with Crippen molar-refractivity contribution in [3.8, 4) is 11.4 Å². The van der Waals surface area contributed by atoms with Gasteiger partial charge >= 0.3 is 11.8 Å². The van der Waals surface area contributed by atoms with Crippen molar-refractivity contribution in [2.24, 2.45) is 0 Å². The largest absolute Gasteiger partial charge is 0.353 e. The van der Waals surface area contributed by atoms with Gasteiger partial charge in [0.1, 0.15) is 11.5 Å². The molecular formula is C19H16ClN7O2. The van der Waals surface area contributed by atoms with Gasteiger partial charge in [-0.25, -0.2) is 9.97 Å². The lowest BCUT2D eigenvalue weighted by Gasteiger charge is -2.34. The molecule has 5 rings (SSSR count). The lowest BCUT2D eigenvalue weighted by Crippen LogP contribution is -2.49. The average molecular weight is 410 g/mol. The third-order valence-electron chi connectivity index (χ3n) is 4.91. The summed E-state index contributed by atoms with van der Waals surface area (Å²) in [5, 5.41) is 5.14. The second-order valence-electron chi connectivity index (χ2n) is 6.62. The Kier molecular flexibility index (Phi) is 4.36. The van der Waals surface area contributed by atoms with Crippen LogP contribution in [0.3, 0.4) is 0 Å². The van der Waals surface area contributed by atoms with E-state index in [1.165, 1.54) is 0 Å². The van der Waals surface area contributed by atoms with Crippen LogP contribution in [0, 0.1) is 0 Å². The first kappa shape index (κ1) is 17.6. The zero-order chi connectivity index (χ0) is 19.8. The van der Waals surface area contributed by atoms with Gasteiger partial charge in [-0.15, -0.1) is 0 Å². The van der Waals surface area contributed by atoms with Crippen molar-refractivity contribution < 1.29 is 9.32 Å². The molecule has 146 valence electrons. The highest BCUT2D eigenvalue weighted by molar-refractivity contribution is 6.37. The predicted octanol–water partition coefficient (Wildman–Crippen LogP) is 2.62. The van der Waals surface area contributed by atoms with Crippen LogP contribution in [0.15, 0.2) is 47.4 Å². The molecule has 0 unspecified atom stereocenters. The molecule has 0 aliphatic carbocycles. The molecule has 4 aromatic rings. The normalized spacial score (nSPS) is 14.5. The van der Waals surface area contributed by atoms with Crippen LogP contribution >= 0.6 is 11.6 Å². The number of amides is 1. The number of hydrogen-bond donors (Lipinski definition) is 1. The molecular weight excluding hydrogens is 394 g/mol. The standard InChI is InChI=1S/C19H16ClN7O2/c20-15-12-4-6-22-16(12)23-11-13(15)17-24-18(29-25-17)19(28)27-9-7-26(8-10-27)14-3-1-2-5-21-14/h1-6,11H,7-10H2,(H,22,23). The van der Waals surface area contributed by atoms with Crippen LogP contribution in [0.2, 0.25) is 5.02 Å². The van der Waals surface area contributed by atoms with E-state index >= 15 is 0 Å². The minimum atomic E-state index is -0.295. The number of carbonyl (C=O) groups excluding carboxylic acids is 1. The number of rotatable bonds is 3. The average Bonchev–Trinajstić information content (AvgIpc) is 3.44. The summed E-state index contributed by atoms with van der Waals surface area (Å²) >= 11 is 6.44. The van der Waals surface area contributed by atoms with E-state index in [0.29, 0.717) is 42.4 Å². The van der Waals surface area contributed by atoms with Crippen molar-refractivity contribution >= 4 is 34.4 Å². The Morgan fingerprint density at radius 3 is 2.79 bits per heavy atom. The van der Waals surface area contributed by atoms with Crippen molar-refractivity contribution in [2.45, 2.75) is 0 Å². The highest BCUT2D eigenvalue weighted by atomic mass is 35.5. The molecule has 10 heteroatoms. The zero-order valence-corrected chi connectivity index (χ0v) is 16.0. The molecule has 5 heterocycles. The molecule has 1 N–H and O–H groups in total. The molecule has 1 fully saturated rings. The summed E-state index contributed by atoms with van der Waals surface area (Å²) < 4.78 is 5.22. The smallest absolute Gasteiger partial charge is 0.316 e. The third-order valence-corrected chi connectivity index (χ3v) is 5.32. The van der Waals surface area contributed by atoms with Gasteiger partial charge in [0.2, 0.25) is 5.82 Å². The van der Waals surface area contributed by atoms with Crippen molar-refractivity contribution in [1.29, 1.82) is 0 Å². The van der Waals surface area contributed by atoms with E-state index in [-0.39, 0.29) is 17.6 Å². The molecule has 29 heavy (non-hydrogen) atoms. The summed E-state index contributed by atoms with van der Waals surface area (Å²) in [4.78, 5) is 32.5. The number of aromatic nitrogens is 5. The first-order chi connectivity index (χ1) is 14.2. The van der Waals surface area contributed by atoms with Crippen LogP contribution in [-0.4, -0.2) is 62.1 Å². The number of aromatic amines is 1. The molecule has 1 aliphatic heterocycles. The van der Waals surface area contributed by atoms with E-state index in [2.05, 4.69) is 30.0 Å². The molecule has 9 nitrogen and oxygen atoms in total. The minimum Gasteiger partial charge on any atom is -0.353 e. The lowest BCUT2D eigenvalue weighted by atomic mass is 10.2. The molecule has 1 aliphatic rings. The van der Waals surface area contributed by atoms with Crippen molar-refractivity contribution in [3.63, 3.8) is 0 Å². The SMILES string of the molecule is O=C(c1nc(-c2cnc3[nH]ccc3c2Cl)no1)N1CCN(c2ccccn2)CC1. The maximum Gasteiger partial charge on any atom is 0.316 e. The number of pyridine rings is 2. The number of fused-ring (bicyclic) bond motifs is 1. The minimum absolute atomic E-state index is 0.0588. The van der Waals surface area contributed by atoms with E-state index in [1.807, 2.05) is 24.3 Å². The Labute approximate surface area is 170 Å². The second kappa shape index (κ2) is 7.17. The Morgan fingerprint density at radius 1 is 1.14 bits per heavy atom. The summed E-state index contributed by atoms with van der Waals surface area (Å²) in [5.41, 5.74) is 1.19. The molecule has 4 aromatic heterocycles. The van der Waals surface area contributed by atoms with Gasteiger partial charge in [-0.2, -0.15) is 4.98 Å². The predicted molar refractivity (Wildman–Crippen MR) is 107 cm³/mol. The van der Waals surface area contributed by atoms with E-state index < -0.39 is 0 Å². The molecule has 1 saturated heterocycles. The highest BCUT2D eigenvalue weighted by Crippen LogP contribution is 2.31. The fourth-order valence-electron chi connectivity index (χ4n) is 3.37. The van der Waals surface area contributed by atoms with Gasteiger partial charge in [0.15, 0.2) is 0 Å². The Bertz CT molecular complexity index is 1170. The molecule has 0 atom stereocenters. The van der Waals surface area contributed by atoms with Crippen LogP contribution in [0.25, 0.3) is 22.4 Å². The lowest BCUT2D eigenvalue weighted by molar-refractivity contribution is 0.0696. The maximum absolute atomic E-state index is 12.8. The van der Waals surface area contributed by atoms with Gasteiger partial charge in [-0.05, 0) is 18.2 Å². The second-order valence-corrected chi connectivity index (χ2v) is 6.99. The summed E-state index contributed by atoms with van der Waals surface area (Å²) in [6.07, 6.45) is 5.08. The molecule has 0 aromatic carbocycles. The van der Waals surface area contributed by atoms with E-state index in [1.54, 1.807) is 23.5 Å². The topological polar surface area (TPSA) is 104 Å². The third kappa shape index (κ3) is 3.19. The highest BCUT2D eigenvalue weighted by Gasteiger charge is 2.27. The zero-order valence-electron chi connectivity index (χ0n) is 15.2. The van der Waals surface area contributed by atoms with Crippen molar-refractivity contribution in [2.75, 3.05) is 31.1 Å². The van der Waals surface area contributed by atoms with E-state index in [4.69, 9.17) is 16.1 Å². The Hall–Kier alpha value is -3.46. The van der Waals surface area contributed by atoms with Crippen LogP contribution in [0.5, 0.6) is 0 Å². The first-order valence-corrected chi connectivity index (χ1v) is 9.49. The number of piperazine rings is 1. The maximum atomic E-state index is 12.8. The summed E-state index contributed by atoms with van der Waals surface area (Å²) in [5.74, 6) is 0.788. The Morgan fingerprint density at radius 2 is 2.00 bits per heavy atom. The Balaban J connectivity index is 1.31. The van der Waals surface area contributed by atoms with Crippen LogP contribution in [-0.2, 0) is 0 Å². The van der Waals surface area contributed by atoms with E-state index in [0.717, 1.165) is 11.2 Å². The van der Waals surface area contributed by atoms with Crippen LogP contribution < -0.4 is 4.90 Å². The number of halogens is 1. The first-order valence-electron chi connectivity index (χ1n) is 9.11. The van der Waals surface area contributed by atoms with Crippen LogP contribution in [0.1, 0.15) is 10.7 Å². The van der Waals surface area contributed by atoms with Gasteiger partial charge in [0.05, 0.1) is 10.6 Å². The molecule has 0 bridgehead atoms. The molecule has 0 saturated carbocycles. The van der Waals surface area contributed by atoms with Gasteiger partial charge in [-0.1, -0.05) is 22.8 Å². The number of carbonyl (C=O) groups is 1. The monoisotopic (exact) mass is 409 g/mol. The number of anilines is 1. The van der Waals surface area contributed by atoms with E-state index in [9.17, 15) is 4.79 Å². The molecule has 1 amide bonds. The summed E-state index contributed by atoms with van der Waals surface area (Å²) in [7, 11) is 0. The molecule has 0 radical (unpaired) electrons. The number of nitrogens with one attached hydrogen (secondary N) is 1. The van der Waals surface area contributed by atoms with Gasteiger partial charge in [0.25, 0.3) is 0 Å². The summed E-state index contributed by atoms with van der Waals surface area (Å²) in [6.45, 7) is 2.46. The summed E-state index contributed by atoms with van der Waals surface area (Å²) in [6, 6.07) is 7.61. The van der Waals surface area contributed by atoms with Crippen molar-refractivity contribution in [1.82, 2.24) is 30.0 Å².